The van der Waals surface area contributed by atoms with E-state index >= 15 is 0 Å². The molecule has 4 heteroatoms. The van der Waals surface area contributed by atoms with Gasteiger partial charge < -0.3 is 10.1 Å². The molecule has 1 aromatic carbocycles. The molecule has 1 rings (SSSR count). The third kappa shape index (κ3) is 4.93. The van der Waals surface area contributed by atoms with Crippen LogP contribution in [0.2, 0.25) is 0 Å². The Labute approximate surface area is 120 Å². The summed E-state index contributed by atoms with van der Waals surface area (Å²) in [6.45, 7) is 7.87. The Morgan fingerprint density at radius 3 is 2.45 bits per heavy atom. The standard InChI is InChI=1S/C16H22N2O2/c1-12(11-20-13-8-6-5-7-9-13)18-15(19)14(10-17)16(2,3)4/h5-9,12,14H,11H2,1-4H3,(H,18,19). The van der Waals surface area contributed by atoms with E-state index < -0.39 is 5.92 Å². The van der Waals surface area contributed by atoms with Gasteiger partial charge in [-0.3, -0.25) is 4.79 Å². The molecule has 20 heavy (non-hydrogen) atoms. The molecule has 0 aliphatic carbocycles. The number of carbonyl (C=O) groups is 1. The fourth-order valence-corrected chi connectivity index (χ4v) is 1.75. The molecule has 1 amide bonds. The van der Waals surface area contributed by atoms with E-state index in [1.54, 1.807) is 0 Å². The smallest absolute Gasteiger partial charge is 0.238 e. The van der Waals surface area contributed by atoms with Gasteiger partial charge in [-0.2, -0.15) is 5.26 Å². The fraction of sp³-hybridized carbons (Fsp3) is 0.500. The Morgan fingerprint density at radius 1 is 1.35 bits per heavy atom. The molecule has 2 atom stereocenters. The number of ether oxygens (including phenoxy) is 1. The molecule has 0 spiro atoms. The van der Waals surface area contributed by atoms with E-state index in [4.69, 9.17) is 10.00 Å². The third-order valence-corrected chi connectivity index (χ3v) is 2.89. The summed E-state index contributed by atoms with van der Waals surface area (Å²) in [6.07, 6.45) is 0. The van der Waals surface area contributed by atoms with Crippen molar-refractivity contribution in [2.45, 2.75) is 33.7 Å². The van der Waals surface area contributed by atoms with Crippen molar-refractivity contribution in [3.05, 3.63) is 30.3 Å². The van der Waals surface area contributed by atoms with E-state index in [1.165, 1.54) is 0 Å². The number of hydrogen-bond donors (Lipinski definition) is 1. The highest BCUT2D eigenvalue weighted by Crippen LogP contribution is 2.25. The first kappa shape index (κ1) is 16.0. The van der Waals surface area contributed by atoms with Gasteiger partial charge in [0.05, 0.1) is 12.1 Å². The van der Waals surface area contributed by atoms with E-state index in [0.29, 0.717) is 6.61 Å². The lowest BCUT2D eigenvalue weighted by molar-refractivity contribution is -0.126. The van der Waals surface area contributed by atoms with Crippen LogP contribution in [0.15, 0.2) is 30.3 Å². The Kier molecular flexibility index (Phi) is 5.57. The normalized spacial score (nSPS) is 13.9. The van der Waals surface area contributed by atoms with Gasteiger partial charge in [0.1, 0.15) is 18.3 Å². The fourth-order valence-electron chi connectivity index (χ4n) is 1.75. The van der Waals surface area contributed by atoms with Crippen LogP contribution in [0.25, 0.3) is 0 Å². The Hall–Kier alpha value is -2.02. The number of para-hydroxylation sites is 1. The predicted molar refractivity (Wildman–Crippen MR) is 78.1 cm³/mol. The number of amides is 1. The molecule has 108 valence electrons. The maximum Gasteiger partial charge on any atom is 0.238 e. The highest BCUT2D eigenvalue weighted by atomic mass is 16.5. The second kappa shape index (κ2) is 6.95. The zero-order valence-corrected chi connectivity index (χ0v) is 12.5. The summed E-state index contributed by atoms with van der Waals surface area (Å²) in [4.78, 5) is 12.1. The summed E-state index contributed by atoms with van der Waals surface area (Å²) in [5.41, 5.74) is -0.376. The summed E-state index contributed by atoms with van der Waals surface area (Å²) in [7, 11) is 0. The Morgan fingerprint density at radius 2 is 1.95 bits per heavy atom. The van der Waals surface area contributed by atoms with Gasteiger partial charge in [-0.1, -0.05) is 39.0 Å². The van der Waals surface area contributed by atoms with Crippen molar-refractivity contribution in [2.24, 2.45) is 11.3 Å². The van der Waals surface area contributed by atoms with E-state index in [9.17, 15) is 4.79 Å². The Bertz CT molecular complexity index is 471. The molecule has 4 nitrogen and oxygen atoms in total. The highest BCUT2D eigenvalue weighted by molar-refractivity contribution is 5.82. The zero-order valence-electron chi connectivity index (χ0n) is 12.5. The van der Waals surface area contributed by atoms with Gasteiger partial charge in [-0.25, -0.2) is 0 Å². The summed E-state index contributed by atoms with van der Waals surface area (Å²) in [5, 5.41) is 11.9. The summed E-state index contributed by atoms with van der Waals surface area (Å²) in [5.74, 6) is -0.146. The minimum atomic E-state index is -0.665. The predicted octanol–water partition coefficient (Wildman–Crippen LogP) is 2.76. The molecule has 0 heterocycles. The molecule has 1 N–H and O–H groups in total. The number of rotatable bonds is 5. The first-order valence-corrected chi connectivity index (χ1v) is 6.72. The van der Waals surface area contributed by atoms with Crippen molar-refractivity contribution >= 4 is 5.91 Å². The number of hydrogen-bond acceptors (Lipinski definition) is 3. The van der Waals surface area contributed by atoms with E-state index in [1.807, 2.05) is 58.0 Å². The second-order valence-corrected chi connectivity index (χ2v) is 5.96. The van der Waals surface area contributed by atoms with Crippen molar-refractivity contribution in [1.82, 2.24) is 5.32 Å². The van der Waals surface area contributed by atoms with Crippen molar-refractivity contribution in [1.29, 1.82) is 5.26 Å². The minimum absolute atomic E-state index is 0.152. The van der Waals surface area contributed by atoms with Gasteiger partial charge in [-0.15, -0.1) is 0 Å². The van der Waals surface area contributed by atoms with E-state index in [0.717, 1.165) is 5.75 Å². The maximum absolute atomic E-state index is 12.1. The van der Waals surface area contributed by atoms with Gasteiger partial charge in [0.25, 0.3) is 0 Å². The molecule has 0 radical (unpaired) electrons. The number of nitrogens with one attached hydrogen (secondary N) is 1. The molecule has 1 aromatic rings. The largest absolute Gasteiger partial charge is 0.491 e. The van der Waals surface area contributed by atoms with Gasteiger partial charge >= 0.3 is 0 Å². The highest BCUT2D eigenvalue weighted by Gasteiger charge is 2.31. The quantitative estimate of drug-likeness (QED) is 0.898. The van der Waals surface area contributed by atoms with Gasteiger partial charge in [0.15, 0.2) is 0 Å². The lowest BCUT2D eigenvalue weighted by Crippen LogP contribution is -2.43. The number of nitrogens with zero attached hydrogens (tertiary/aromatic N) is 1. The molecule has 0 saturated heterocycles. The molecular weight excluding hydrogens is 252 g/mol. The van der Waals surface area contributed by atoms with Crippen LogP contribution in [-0.2, 0) is 4.79 Å². The minimum Gasteiger partial charge on any atom is -0.491 e. The first-order valence-electron chi connectivity index (χ1n) is 6.72. The molecular formula is C16H22N2O2. The topological polar surface area (TPSA) is 62.1 Å². The molecule has 0 aliphatic rings. The zero-order chi connectivity index (χ0) is 15.2. The van der Waals surface area contributed by atoms with E-state index in [2.05, 4.69) is 11.4 Å². The first-order chi connectivity index (χ1) is 9.34. The molecule has 0 aromatic heterocycles. The number of carbonyl (C=O) groups excluding carboxylic acids is 1. The summed E-state index contributed by atoms with van der Waals surface area (Å²) in [6, 6.07) is 11.3. The monoisotopic (exact) mass is 274 g/mol. The summed E-state index contributed by atoms with van der Waals surface area (Å²) >= 11 is 0. The van der Waals surface area contributed by atoms with Crippen LogP contribution >= 0.6 is 0 Å². The summed E-state index contributed by atoms with van der Waals surface area (Å²) < 4.78 is 5.57. The molecule has 0 aliphatic heterocycles. The molecule has 2 unspecified atom stereocenters. The van der Waals surface area contributed by atoms with Crippen molar-refractivity contribution in [3.63, 3.8) is 0 Å². The maximum atomic E-state index is 12.1. The van der Waals surface area contributed by atoms with Crippen LogP contribution in [0.5, 0.6) is 5.75 Å². The molecule has 0 saturated carbocycles. The van der Waals surface area contributed by atoms with Crippen LogP contribution < -0.4 is 10.1 Å². The van der Waals surface area contributed by atoms with Crippen molar-refractivity contribution in [3.8, 4) is 11.8 Å². The lowest BCUT2D eigenvalue weighted by atomic mass is 9.81. The van der Waals surface area contributed by atoms with Crippen LogP contribution in [0, 0.1) is 22.7 Å². The van der Waals surface area contributed by atoms with Crippen LogP contribution in [-0.4, -0.2) is 18.6 Å². The SMILES string of the molecule is CC(COc1ccccc1)NC(=O)C(C#N)C(C)(C)C. The number of benzene rings is 1. The average Bonchev–Trinajstić information content (AvgIpc) is 2.36. The van der Waals surface area contributed by atoms with Gasteiger partial charge in [-0.05, 0) is 24.5 Å². The molecule has 0 fully saturated rings. The lowest BCUT2D eigenvalue weighted by Gasteiger charge is -2.25. The Balaban J connectivity index is 2.48. The van der Waals surface area contributed by atoms with Gasteiger partial charge in [0.2, 0.25) is 5.91 Å². The van der Waals surface area contributed by atoms with E-state index in [-0.39, 0.29) is 17.4 Å². The number of nitriles is 1. The van der Waals surface area contributed by atoms with Crippen molar-refractivity contribution < 1.29 is 9.53 Å². The van der Waals surface area contributed by atoms with Crippen LogP contribution in [0.3, 0.4) is 0 Å². The third-order valence-electron chi connectivity index (χ3n) is 2.89. The second-order valence-electron chi connectivity index (χ2n) is 5.96. The average molecular weight is 274 g/mol. The molecule has 0 bridgehead atoms. The van der Waals surface area contributed by atoms with Crippen LogP contribution in [0.4, 0.5) is 0 Å². The van der Waals surface area contributed by atoms with Crippen molar-refractivity contribution in [2.75, 3.05) is 6.61 Å². The van der Waals surface area contributed by atoms with Crippen LogP contribution in [0.1, 0.15) is 27.7 Å². The van der Waals surface area contributed by atoms with Gasteiger partial charge in [0, 0.05) is 0 Å².